The van der Waals surface area contributed by atoms with Crippen LogP contribution in [-0.4, -0.2) is 22.3 Å². The summed E-state index contributed by atoms with van der Waals surface area (Å²) in [5.41, 5.74) is 2.13. The Balaban J connectivity index is 1.40. The van der Waals surface area contributed by atoms with E-state index in [1.807, 2.05) is 19.1 Å². The number of nitrogens with one attached hydrogen (secondary N) is 1. The standard InChI is InChI=1S/C26H25ClFN3O4/c1-4-33-18-8-10-19(11-9-18)34-15-20-12-13-24(35-20)26(32)29-25-16(2)30-31(17(25)3)14-21-22(27)6-5-7-23(21)28/h5-13H,4,14-15H2,1-3H3,(H,29,32). The quantitative estimate of drug-likeness (QED) is 0.299. The second-order valence-electron chi connectivity index (χ2n) is 7.82. The normalized spacial score (nSPS) is 10.9. The Morgan fingerprint density at radius 3 is 2.49 bits per heavy atom. The molecule has 7 nitrogen and oxygen atoms in total. The van der Waals surface area contributed by atoms with Crippen molar-refractivity contribution in [2.75, 3.05) is 11.9 Å². The molecular formula is C26H25ClFN3O4. The lowest BCUT2D eigenvalue weighted by molar-refractivity contribution is 0.0992. The second-order valence-corrected chi connectivity index (χ2v) is 8.22. The number of furan rings is 1. The van der Waals surface area contributed by atoms with Crippen molar-refractivity contribution < 1.29 is 23.1 Å². The first kappa shape index (κ1) is 24.3. The van der Waals surface area contributed by atoms with Crippen molar-refractivity contribution in [3.63, 3.8) is 0 Å². The molecule has 0 aliphatic heterocycles. The molecular weight excluding hydrogens is 473 g/mol. The SMILES string of the molecule is CCOc1ccc(OCc2ccc(C(=O)Nc3c(C)nn(Cc4c(F)cccc4Cl)c3C)o2)cc1. The lowest BCUT2D eigenvalue weighted by atomic mass is 10.2. The van der Waals surface area contributed by atoms with Gasteiger partial charge in [0.1, 0.15) is 29.7 Å². The van der Waals surface area contributed by atoms with Gasteiger partial charge in [0.2, 0.25) is 0 Å². The predicted molar refractivity (Wildman–Crippen MR) is 131 cm³/mol. The van der Waals surface area contributed by atoms with E-state index in [0.29, 0.717) is 45.8 Å². The highest BCUT2D eigenvalue weighted by Gasteiger charge is 2.19. The minimum atomic E-state index is -0.424. The van der Waals surface area contributed by atoms with Gasteiger partial charge in [-0.3, -0.25) is 9.48 Å². The molecule has 0 spiro atoms. The van der Waals surface area contributed by atoms with Crippen LogP contribution in [0.25, 0.3) is 0 Å². The molecule has 0 radical (unpaired) electrons. The number of hydrogen-bond acceptors (Lipinski definition) is 5. The fraction of sp³-hybridized carbons (Fsp3) is 0.231. The zero-order valence-corrected chi connectivity index (χ0v) is 20.4. The molecule has 0 aliphatic rings. The van der Waals surface area contributed by atoms with Gasteiger partial charge in [0.25, 0.3) is 5.91 Å². The molecule has 0 bridgehead atoms. The van der Waals surface area contributed by atoms with Crippen LogP contribution >= 0.6 is 11.6 Å². The van der Waals surface area contributed by atoms with Gasteiger partial charge in [-0.15, -0.1) is 0 Å². The van der Waals surface area contributed by atoms with Gasteiger partial charge < -0.3 is 19.2 Å². The van der Waals surface area contributed by atoms with Gasteiger partial charge >= 0.3 is 0 Å². The number of carbonyl (C=O) groups excluding carboxylic acids is 1. The zero-order chi connectivity index (χ0) is 24.9. The molecule has 4 aromatic rings. The summed E-state index contributed by atoms with van der Waals surface area (Å²) >= 11 is 6.15. The van der Waals surface area contributed by atoms with Crippen LogP contribution < -0.4 is 14.8 Å². The van der Waals surface area contributed by atoms with Crippen LogP contribution in [0.3, 0.4) is 0 Å². The third kappa shape index (κ3) is 5.66. The Bertz CT molecular complexity index is 1310. The fourth-order valence-electron chi connectivity index (χ4n) is 3.57. The van der Waals surface area contributed by atoms with E-state index in [1.54, 1.807) is 54.9 Å². The molecule has 1 amide bonds. The number of ether oxygens (including phenoxy) is 2. The average molecular weight is 498 g/mol. The van der Waals surface area contributed by atoms with Crippen molar-refractivity contribution in [1.82, 2.24) is 9.78 Å². The lowest BCUT2D eigenvalue weighted by Gasteiger charge is -2.09. The molecule has 2 aromatic carbocycles. The van der Waals surface area contributed by atoms with E-state index >= 15 is 0 Å². The monoisotopic (exact) mass is 497 g/mol. The predicted octanol–water partition coefficient (Wildman–Crippen LogP) is 6.16. The molecule has 0 fully saturated rings. The second kappa shape index (κ2) is 10.7. The molecule has 182 valence electrons. The molecule has 35 heavy (non-hydrogen) atoms. The maximum Gasteiger partial charge on any atom is 0.291 e. The maximum atomic E-state index is 14.2. The number of benzene rings is 2. The number of nitrogens with zero attached hydrogens (tertiary/aromatic N) is 2. The van der Waals surface area contributed by atoms with Gasteiger partial charge in [0, 0.05) is 10.6 Å². The van der Waals surface area contributed by atoms with Gasteiger partial charge in [-0.25, -0.2) is 4.39 Å². The number of anilines is 1. The first-order chi connectivity index (χ1) is 16.9. The number of hydrogen-bond donors (Lipinski definition) is 1. The molecule has 0 unspecified atom stereocenters. The summed E-state index contributed by atoms with van der Waals surface area (Å²) < 4.78 is 32.6. The van der Waals surface area contributed by atoms with Crippen molar-refractivity contribution in [1.29, 1.82) is 0 Å². The Labute approximate surface area is 207 Å². The number of halogens is 2. The molecule has 0 aliphatic carbocycles. The third-order valence-corrected chi connectivity index (χ3v) is 5.74. The average Bonchev–Trinajstić information content (AvgIpc) is 3.42. The van der Waals surface area contributed by atoms with Crippen molar-refractivity contribution >= 4 is 23.2 Å². The highest BCUT2D eigenvalue weighted by Crippen LogP contribution is 2.25. The summed E-state index contributed by atoms with van der Waals surface area (Å²) in [5, 5.41) is 7.59. The maximum absolute atomic E-state index is 14.2. The van der Waals surface area contributed by atoms with E-state index in [-0.39, 0.29) is 18.9 Å². The first-order valence-electron chi connectivity index (χ1n) is 11.1. The van der Waals surface area contributed by atoms with E-state index < -0.39 is 11.7 Å². The number of rotatable bonds is 9. The van der Waals surface area contributed by atoms with Crippen LogP contribution in [0.2, 0.25) is 5.02 Å². The topological polar surface area (TPSA) is 78.5 Å². The zero-order valence-electron chi connectivity index (χ0n) is 19.6. The minimum Gasteiger partial charge on any atom is -0.494 e. The van der Waals surface area contributed by atoms with E-state index in [1.165, 1.54) is 6.07 Å². The molecule has 1 N–H and O–H groups in total. The Morgan fingerprint density at radius 2 is 1.80 bits per heavy atom. The van der Waals surface area contributed by atoms with Gasteiger partial charge in [0.05, 0.1) is 30.2 Å². The first-order valence-corrected chi connectivity index (χ1v) is 11.5. The molecule has 2 aromatic heterocycles. The van der Waals surface area contributed by atoms with Gasteiger partial charge in [-0.1, -0.05) is 17.7 Å². The number of aromatic nitrogens is 2. The summed E-state index contributed by atoms with van der Waals surface area (Å²) in [6, 6.07) is 15.1. The van der Waals surface area contributed by atoms with Crippen LogP contribution in [0.1, 0.15) is 40.2 Å². The fourth-order valence-corrected chi connectivity index (χ4v) is 3.79. The smallest absolute Gasteiger partial charge is 0.291 e. The molecule has 0 saturated carbocycles. The summed E-state index contributed by atoms with van der Waals surface area (Å²) in [7, 11) is 0. The summed E-state index contributed by atoms with van der Waals surface area (Å²) in [5.74, 6) is 1.23. The van der Waals surface area contributed by atoms with E-state index in [0.717, 1.165) is 5.75 Å². The van der Waals surface area contributed by atoms with Crippen molar-refractivity contribution in [2.24, 2.45) is 0 Å². The van der Waals surface area contributed by atoms with Crippen molar-refractivity contribution in [3.05, 3.63) is 93.9 Å². The van der Waals surface area contributed by atoms with Gasteiger partial charge in [-0.05, 0) is 69.3 Å². The van der Waals surface area contributed by atoms with Gasteiger partial charge in [-0.2, -0.15) is 5.10 Å². The van der Waals surface area contributed by atoms with Crippen LogP contribution in [0.15, 0.2) is 59.0 Å². The van der Waals surface area contributed by atoms with Gasteiger partial charge in [0.15, 0.2) is 5.76 Å². The summed E-state index contributed by atoms with van der Waals surface area (Å²) in [4.78, 5) is 12.8. The number of amides is 1. The molecule has 2 heterocycles. The Morgan fingerprint density at radius 1 is 1.09 bits per heavy atom. The van der Waals surface area contributed by atoms with E-state index in [9.17, 15) is 9.18 Å². The minimum absolute atomic E-state index is 0.138. The molecule has 9 heteroatoms. The van der Waals surface area contributed by atoms with Crippen LogP contribution in [0.5, 0.6) is 11.5 Å². The highest BCUT2D eigenvalue weighted by molar-refractivity contribution is 6.31. The Hall–Kier alpha value is -3.78. The largest absolute Gasteiger partial charge is 0.494 e. The molecule has 0 saturated heterocycles. The lowest BCUT2D eigenvalue weighted by Crippen LogP contribution is -2.13. The van der Waals surface area contributed by atoms with Crippen LogP contribution in [-0.2, 0) is 13.2 Å². The van der Waals surface area contributed by atoms with Crippen molar-refractivity contribution in [2.45, 2.75) is 33.9 Å². The highest BCUT2D eigenvalue weighted by atomic mass is 35.5. The van der Waals surface area contributed by atoms with E-state index in [2.05, 4.69) is 10.4 Å². The van der Waals surface area contributed by atoms with Crippen LogP contribution in [0.4, 0.5) is 10.1 Å². The Kier molecular flexibility index (Phi) is 7.41. The number of aryl methyl sites for hydroxylation is 1. The molecule has 0 atom stereocenters. The van der Waals surface area contributed by atoms with E-state index in [4.69, 9.17) is 25.5 Å². The third-order valence-electron chi connectivity index (χ3n) is 5.39. The summed E-state index contributed by atoms with van der Waals surface area (Å²) in [6.45, 7) is 6.38. The van der Waals surface area contributed by atoms with Crippen LogP contribution in [0, 0.1) is 19.7 Å². The summed E-state index contributed by atoms with van der Waals surface area (Å²) in [6.07, 6.45) is 0. The van der Waals surface area contributed by atoms with Crippen molar-refractivity contribution in [3.8, 4) is 11.5 Å². The number of carbonyl (C=O) groups is 1. The molecule has 4 rings (SSSR count).